The summed E-state index contributed by atoms with van der Waals surface area (Å²) >= 11 is 0. The van der Waals surface area contributed by atoms with Gasteiger partial charge in [-0.15, -0.1) is 0 Å². The second-order valence-corrected chi connectivity index (χ2v) is 4.64. The number of hydrogen-bond acceptors (Lipinski definition) is 3. The van der Waals surface area contributed by atoms with Crippen molar-refractivity contribution in [2.75, 3.05) is 6.61 Å². The lowest BCUT2D eigenvalue weighted by molar-refractivity contribution is -0.143. The first-order chi connectivity index (χ1) is 9.65. The number of rotatable bonds is 5. The Morgan fingerprint density at radius 2 is 2.05 bits per heavy atom. The zero-order valence-corrected chi connectivity index (χ0v) is 11.9. The first kappa shape index (κ1) is 14.3. The van der Waals surface area contributed by atoms with E-state index in [4.69, 9.17) is 4.74 Å². The van der Waals surface area contributed by atoms with Crippen LogP contribution in [0.25, 0.3) is 10.9 Å². The van der Waals surface area contributed by atoms with Crippen molar-refractivity contribution >= 4 is 16.9 Å². The van der Waals surface area contributed by atoms with Gasteiger partial charge >= 0.3 is 5.97 Å². The standard InChI is InChI=1S/C16H19NO3/c1-3-16(19)20-10-8-12-5-6-14-13(11-12)15(18)7-9-17(14)4-2/h5-7,9,11H,3-4,8,10H2,1-2H3. The predicted octanol–water partition coefficient (Wildman–Crippen LogP) is 2.52. The molecule has 0 aliphatic rings. The second kappa shape index (κ2) is 6.37. The van der Waals surface area contributed by atoms with Gasteiger partial charge in [0, 0.05) is 37.0 Å². The van der Waals surface area contributed by atoms with Crippen LogP contribution in [0.4, 0.5) is 0 Å². The van der Waals surface area contributed by atoms with Crippen LogP contribution in [-0.2, 0) is 22.5 Å². The summed E-state index contributed by atoms with van der Waals surface area (Å²) in [6, 6.07) is 7.42. The molecule has 0 fully saturated rings. The molecule has 1 aromatic heterocycles. The highest BCUT2D eigenvalue weighted by Crippen LogP contribution is 2.13. The predicted molar refractivity (Wildman–Crippen MR) is 78.8 cm³/mol. The third-order valence-electron chi connectivity index (χ3n) is 3.32. The maximum absolute atomic E-state index is 11.9. The molecule has 0 amide bonds. The van der Waals surface area contributed by atoms with Gasteiger partial charge in [0.25, 0.3) is 0 Å². The number of ether oxygens (including phenoxy) is 1. The molecule has 1 aromatic carbocycles. The van der Waals surface area contributed by atoms with Crippen molar-refractivity contribution in [2.45, 2.75) is 33.2 Å². The molecule has 0 unspecified atom stereocenters. The highest BCUT2D eigenvalue weighted by atomic mass is 16.5. The molecule has 4 heteroatoms. The third-order valence-corrected chi connectivity index (χ3v) is 3.32. The summed E-state index contributed by atoms with van der Waals surface area (Å²) in [4.78, 5) is 23.0. The zero-order valence-electron chi connectivity index (χ0n) is 11.9. The molecular weight excluding hydrogens is 254 g/mol. The maximum Gasteiger partial charge on any atom is 0.305 e. The van der Waals surface area contributed by atoms with Gasteiger partial charge in [0.05, 0.1) is 12.1 Å². The van der Waals surface area contributed by atoms with Gasteiger partial charge in [-0.2, -0.15) is 0 Å². The Morgan fingerprint density at radius 3 is 2.75 bits per heavy atom. The average molecular weight is 273 g/mol. The Labute approximate surface area is 118 Å². The lowest BCUT2D eigenvalue weighted by Gasteiger charge is -2.09. The Balaban J connectivity index is 2.23. The van der Waals surface area contributed by atoms with Crippen molar-refractivity contribution < 1.29 is 9.53 Å². The van der Waals surface area contributed by atoms with Gasteiger partial charge in [-0.25, -0.2) is 0 Å². The molecule has 0 N–H and O–H groups in total. The maximum atomic E-state index is 11.9. The van der Waals surface area contributed by atoms with Crippen molar-refractivity contribution in [3.8, 4) is 0 Å². The number of aromatic nitrogens is 1. The van der Waals surface area contributed by atoms with Crippen LogP contribution in [0.1, 0.15) is 25.8 Å². The zero-order chi connectivity index (χ0) is 14.5. The van der Waals surface area contributed by atoms with E-state index in [1.165, 1.54) is 0 Å². The molecular formula is C16H19NO3. The third kappa shape index (κ3) is 3.07. The van der Waals surface area contributed by atoms with Crippen LogP contribution in [-0.4, -0.2) is 17.1 Å². The number of carbonyl (C=O) groups is 1. The lowest BCUT2D eigenvalue weighted by atomic mass is 10.1. The van der Waals surface area contributed by atoms with Crippen molar-refractivity contribution in [2.24, 2.45) is 0 Å². The summed E-state index contributed by atoms with van der Waals surface area (Å²) in [6.07, 6.45) is 2.83. The summed E-state index contributed by atoms with van der Waals surface area (Å²) in [5, 5.41) is 0.716. The monoisotopic (exact) mass is 273 g/mol. The molecule has 1 heterocycles. The normalized spacial score (nSPS) is 10.7. The van der Waals surface area contributed by atoms with Crippen LogP contribution in [0.3, 0.4) is 0 Å². The molecule has 0 atom stereocenters. The van der Waals surface area contributed by atoms with Gasteiger partial charge in [-0.05, 0) is 24.6 Å². The van der Waals surface area contributed by atoms with E-state index in [0.29, 0.717) is 24.8 Å². The molecule has 20 heavy (non-hydrogen) atoms. The van der Waals surface area contributed by atoms with E-state index in [2.05, 4.69) is 0 Å². The molecule has 2 aromatic rings. The molecule has 0 aliphatic heterocycles. The van der Waals surface area contributed by atoms with E-state index in [-0.39, 0.29) is 11.4 Å². The number of aryl methyl sites for hydroxylation is 1. The van der Waals surface area contributed by atoms with Gasteiger partial charge in [-0.3, -0.25) is 9.59 Å². The molecule has 0 saturated heterocycles. The molecule has 0 aliphatic carbocycles. The van der Waals surface area contributed by atoms with Gasteiger partial charge in [0.15, 0.2) is 5.43 Å². The number of carbonyl (C=O) groups excluding carboxylic acids is 1. The van der Waals surface area contributed by atoms with Gasteiger partial charge in [0.2, 0.25) is 0 Å². The van der Waals surface area contributed by atoms with E-state index in [9.17, 15) is 9.59 Å². The number of hydrogen-bond donors (Lipinski definition) is 0. The second-order valence-electron chi connectivity index (χ2n) is 4.64. The van der Waals surface area contributed by atoms with Crippen LogP contribution in [0, 0.1) is 0 Å². The largest absolute Gasteiger partial charge is 0.465 e. The van der Waals surface area contributed by atoms with E-state index in [1.54, 1.807) is 13.0 Å². The minimum atomic E-state index is -0.195. The summed E-state index contributed by atoms with van der Waals surface area (Å²) in [7, 11) is 0. The Hall–Kier alpha value is -2.10. The summed E-state index contributed by atoms with van der Waals surface area (Å²) in [5.41, 5.74) is 1.97. The fraction of sp³-hybridized carbons (Fsp3) is 0.375. The Morgan fingerprint density at radius 1 is 1.25 bits per heavy atom. The smallest absolute Gasteiger partial charge is 0.305 e. The first-order valence-electron chi connectivity index (χ1n) is 6.93. The minimum Gasteiger partial charge on any atom is -0.465 e. The number of fused-ring (bicyclic) bond motifs is 1. The fourth-order valence-electron chi connectivity index (χ4n) is 2.17. The van der Waals surface area contributed by atoms with Gasteiger partial charge in [0.1, 0.15) is 0 Å². The summed E-state index contributed by atoms with van der Waals surface area (Å²) < 4.78 is 7.10. The number of nitrogens with zero attached hydrogens (tertiary/aromatic N) is 1. The summed E-state index contributed by atoms with van der Waals surface area (Å²) in [6.45, 7) is 4.99. The molecule has 0 radical (unpaired) electrons. The number of benzene rings is 1. The van der Waals surface area contributed by atoms with Crippen LogP contribution >= 0.6 is 0 Å². The van der Waals surface area contributed by atoms with Crippen LogP contribution in [0.2, 0.25) is 0 Å². The van der Waals surface area contributed by atoms with Crippen molar-refractivity contribution in [3.63, 3.8) is 0 Å². The SMILES string of the molecule is CCC(=O)OCCc1ccc2c(c1)c(=O)ccn2CC. The van der Waals surface area contributed by atoms with E-state index in [1.807, 2.05) is 35.9 Å². The average Bonchev–Trinajstić information content (AvgIpc) is 2.48. The van der Waals surface area contributed by atoms with Crippen molar-refractivity contribution in [1.29, 1.82) is 0 Å². The molecule has 0 saturated carbocycles. The molecule has 4 nitrogen and oxygen atoms in total. The molecule has 106 valence electrons. The summed E-state index contributed by atoms with van der Waals surface area (Å²) in [5.74, 6) is -0.195. The van der Waals surface area contributed by atoms with Crippen LogP contribution in [0.5, 0.6) is 0 Å². The Bertz CT molecular complexity index is 673. The van der Waals surface area contributed by atoms with Gasteiger partial charge in [-0.1, -0.05) is 13.0 Å². The van der Waals surface area contributed by atoms with E-state index < -0.39 is 0 Å². The number of esters is 1. The van der Waals surface area contributed by atoms with E-state index >= 15 is 0 Å². The van der Waals surface area contributed by atoms with Crippen molar-refractivity contribution in [1.82, 2.24) is 4.57 Å². The van der Waals surface area contributed by atoms with Crippen LogP contribution < -0.4 is 5.43 Å². The fourth-order valence-corrected chi connectivity index (χ4v) is 2.17. The minimum absolute atomic E-state index is 0.0251. The lowest BCUT2D eigenvalue weighted by Crippen LogP contribution is -2.09. The number of pyridine rings is 1. The highest BCUT2D eigenvalue weighted by Gasteiger charge is 2.04. The molecule has 0 spiro atoms. The van der Waals surface area contributed by atoms with Crippen molar-refractivity contribution in [3.05, 3.63) is 46.2 Å². The quantitative estimate of drug-likeness (QED) is 0.786. The Kier molecular flexibility index (Phi) is 4.56. The molecule has 2 rings (SSSR count). The first-order valence-corrected chi connectivity index (χ1v) is 6.93. The van der Waals surface area contributed by atoms with Gasteiger partial charge < -0.3 is 9.30 Å². The molecule has 0 bridgehead atoms. The topological polar surface area (TPSA) is 48.3 Å². The van der Waals surface area contributed by atoms with Crippen LogP contribution in [0.15, 0.2) is 35.3 Å². The van der Waals surface area contributed by atoms with E-state index in [0.717, 1.165) is 17.6 Å². The highest BCUT2D eigenvalue weighted by molar-refractivity contribution is 5.79.